The van der Waals surface area contributed by atoms with Crippen molar-refractivity contribution in [1.29, 1.82) is 0 Å². The molecule has 5 heteroatoms. The molecule has 1 unspecified atom stereocenters. The summed E-state index contributed by atoms with van der Waals surface area (Å²) in [5, 5.41) is 3.56. The molecular formula is C22H27ClN2O2. The average molecular weight is 387 g/mol. The number of hydrogen-bond acceptors (Lipinski definition) is 2. The molecule has 0 aliphatic rings. The highest BCUT2D eigenvalue weighted by Gasteiger charge is 2.26. The second kappa shape index (κ2) is 10.1. The molecule has 2 amide bonds. The zero-order chi connectivity index (χ0) is 19.8. The lowest BCUT2D eigenvalue weighted by Gasteiger charge is -2.29. The van der Waals surface area contributed by atoms with Gasteiger partial charge in [0.2, 0.25) is 11.8 Å². The van der Waals surface area contributed by atoms with Gasteiger partial charge in [-0.3, -0.25) is 9.59 Å². The Balaban J connectivity index is 2.15. The van der Waals surface area contributed by atoms with Gasteiger partial charge in [-0.2, -0.15) is 0 Å². The Morgan fingerprint density at radius 2 is 1.59 bits per heavy atom. The standard InChI is InChI=1S/C22H27ClN2O2/c1-16(2)14-24-22(27)17(3)25(15-19-7-5-4-6-8-19)21(26)13-18-9-11-20(23)12-10-18/h4-12,16-17H,13-15H2,1-3H3,(H,24,27). The number of rotatable bonds is 8. The van der Waals surface area contributed by atoms with Crippen molar-refractivity contribution < 1.29 is 9.59 Å². The van der Waals surface area contributed by atoms with E-state index in [2.05, 4.69) is 5.32 Å². The van der Waals surface area contributed by atoms with Crippen molar-refractivity contribution in [2.45, 2.75) is 39.8 Å². The number of nitrogens with one attached hydrogen (secondary N) is 1. The topological polar surface area (TPSA) is 49.4 Å². The van der Waals surface area contributed by atoms with Gasteiger partial charge >= 0.3 is 0 Å². The van der Waals surface area contributed by atoms with E-state index < -0.39 is 6.04 Å². The van der Waals surface area contributed by atoms with Crippen molar-refractivity contribution in [2.75, 3.05) is 6.54 Å². The number of carbonyl (C=O) groups is 2. The van der Waals surface area contributed by atoms with E-state index in [1.165, 1.54) is 0 Å². The molecule has 0 radical (unpaired) electrons. The third kappa shape index (κ3) is 6.72. The molecule has 144 valence electrons. The number of nitrogens with zero attached hydrogens (tertiary/aromatic N) is 1. The molecule has 0 aliphatic heterocycles. The summed E-state index contributed by atoms with van der Waals surface area (Å²) < 4.78 is 0. The molecule has 1 atom stereocenters. The second-order valence-electron chi connectivity index (χ2n) is 7.13. The molecule has 0 bridgehead atoms. The van der Waals surface area contributed by atoms with Crippen LogP contribution in [0.5, 0.6) is 0 Å². The van der Waals surface area contributed by atoms with Gasteiger partial charge in [0.05, 0.1) is 6.42 Å². The predicted octanol–water partition coefficient (Wildman–Crippen LogP) is 4.07. The molecule has 0 saturated carbocycles. The SMILES string of the molecule is CC(C)CNC(=O)C(C)N(Cc1ccccc1)C(=O)Cc1ccc(Cl)cc1. The molecule has 2 rings (SSSR count). The van der Waals surface area contributed by atoms with E-state index in [-0.39, 0.29) is 18.2 Å². The molecule has 0 aromatic heterocycles. The Kier molecular flexibility index (Phi) is 7.86. The summed E-state index contributed by atoms with van der Waals surface area (Å²) in [6, 6.07) is 16.4. The molecule has 2 aromatic rings. The number of carbonyl (C=O) groups excluding carboxylic acids is 2. The van der Waals surface area contributed by atoms with Gasteiger partial charge in [0.1, 0.15) is 6.04 Å². The first-order chi connectivity index (χ1) is 12.9. The molecular weight excluding hydrogens is 360 g/mol. The third-order valence-electron chi connectivity index (χ3n) is 4.32. The van der Waals surface area contributed by atoms with Crippen molar-refractivity contribution >= 4 is 23.4 Å². The summed E-state index contributed by atoms with van der Waals surface area (Å²) in [6.07, 6.45) is 0.228. The summed E-state index contributed by atoms with van der Waals surface area (Å²) in [6.45, 7) is 6.84. The molecule has 1 N–H and O–H groups in total. The van der Waals surface area contributed by atoms with Crippen LogP contribution in [0.1, 0.15) is 31.9 Å². The van der Waals surface area contributed by atoms with Crippen LogP contribution in [0.2, 0.25) is 5.02 Å². The fraction of sp³-hybridized carbons (Fsp3) is 0.364. The van der Waals surface area contributed by atoms with Crippen LogP contribution in [-0.2, 0) is 22.6 Å². The number of hydrogen-bond donors (Lipinski definition) is 1. The Hall–Kier alpha value is -2.33. The predicted molar refractivity (Wildman–Crippen MR) is 109 cm³/mol. The smallest absolute Gasteiger partial charge is 0.242 e. The van der Waals surface area contributed by atoms with Crippen LogP contribution in [-0.4, -0.2) is 29.3 Å². The maximum absolute atomic E-state index is 13.0. The number of halogens is 1. The maximum atomic E-state index is 13.0. The highest BCUT2D eigenvalue weighted by molar-refractivity contribution is 6.30. The third-order valence-corrected chi connectivity index (χ3v) is 4.57. The van der Waals surface area contributed by atoms with E-state index in [9.17, 15) is 9.59 Å². The fourth-order valence-corrected chi connectivity index (χ4v) is 2.82. The molecule has 27 heavy (non-hydrogen) atoms. The van der Waals surface area contributed by atoms with E-state index in [0.29, 0.717) is 24.0 Å². The van der Waals surface area contributed by atoms with Crippen molar-refractivity contribution in [3.63, 3.8) is 0 Å². The Morgan fingerprint density at radius 3 is 2.19 bits per heavy atom. The lowest BCUT2D eigenvalue weighted by molar-refractivity contribution is -0.140. The van der Waals surface area contributed by atoms with E-state index in [0.717, 1.165) is 11.1 Å². The first kappa shape index (κ1) is 21.0. The van der Waals surface area contributed by atoms with Crippen LogP contribution >= 0.6 is 11.6 Å². The summed E-state index contributed by atoms with van der Waals surface area (Å²) in [7, 11) is 0. The lowest BCUT2D eigenvalue weighted by Crippen LogP contribution is -2.48. The number of benzene rings is 2. The van der Waals surface area contributed by atoms with Gasteiger partial charge in [0, 0.05) is 18.1 Å². The van der Waals surface area contributed by atoms with Crippen LogP contribution in [0.4, 0.5) is 0 Å². The largest absolute Gasteiger partial charge is 0.354 e. The highest BCUT2D eigenvalue weighted by Crippen LogP contribution is 2.14. The zero-order valence-electron chi connectivity index (χ0n) is 16.1. The fourth-order valence-electron chi connectivity index (χ4n) is 2.69. The molecule has 0 fully saturated rings. The van der Waals surface area contributed by atoms with Gasteiger partial charge in [-0.1, -0.05) is 67.9 Å². The van der Waals surface area contributed by atoms with Crippen LogP contribution in [0.15, 0.2) is 54.6 Å². The summed E-state index contributed by atoms with van der Waals surface area (Å²) >= 11 is 5.92. The minimum Gasteiger partial charge on any atom is -0.354 e. The van der Waals surface area contributed by atoms with E-state index in [4.69, 9.17) is 11.6 Å². The summed E-state index contributed by atoms with van der Waals surface area (Å²) in [5.41, 5.74) is 1.86. The molecule has 0 heterocycles. The minimum absolute atomic E-state index is 0.0895. The van der Waals surface area contributed by atoms with Crippen LogP contribution in [0.3, 0.4) is 0 Å². The molecule has 4 nitrogen and oxygen atoms in total. The average Bonchev–Trinajstić information content (AvgIpc) is 2.66. The van der Waals surface area contributed by atoms with Crippen molar-refractivity contribution in [2.24, 2.45) is 5.92 Å². The van der Waals surface area contributed by atoms with E-state index in [1.807, 2.05) is 56.3 Å². The van der Waals surface area contributed by atoms with Crippen LogP contribution < -0.4 is 5.32 Å². The Morgan fingerprint density at radius 1 is 0.963 bits per heavy atom. The quantitative estimate of drug-likeness (QED) is 0.743. The lowest BCUT2D eigenvalue weighted by atomic mass is 10.1. The first-order valence-corrected chi connectivity index (χ1v) is 9.60. The summed E-state index contributed by atoms with van der Waals surface area (Å²) in [5.74, 6) is 0.131. The van der Waals surface area contributed by atoms with Gasteiger partial charge < -0.3 is 10.2 Å². The molecule has 0 spiro atoms. The normalized spacial score (nSPS) is 11.9. The van der Waals surface area contributed by atoms with Gasteiger partial charge in [0.25, 0.3) is 0 Å². The maximum Gasteiger partial charge on any atom is 0.242 e. The van der Waals surface area contributed by atoms with Gasteiger partial charge in [-0.15, -0.1) is 0 Å². The van der Waals surface area contributed by atoms with E-state index >= 15 is 0 Å². The van der Waals surface area contributed by atoms with E-state index in [1.54, 1.807) is 24.0 Å². The van der Waals surface area contributed by atoms with Crippen LogP contribution in [0.25, 0.3) is 0 Å². The second-order valence-corrected chi connectivity index (χ2v) is 7.56. The van der Waals surface area contributed by atoms with Crippen LogP contribution in [0, 0.1) is 5.92 Å². The van der Waals surface area contributed by atoms with Crippen molar-refractivity contribution in [1.82, 2.24) is 10.2 Å². The molecule has 2 aromatic carbocycles. The van der Waals surface area contributed by atoms with Crippen molar-refractivity contribution in [3.8, 4) is 0 Å². The molecule has 0 aliphatic carbocycles. The summed E-state index contributed by atoms with van der Waals surface area (Å²) in [4.78, 5) is 27.2. The highest BCUT2D eigenvalue weighted by atomic mass is 35.5. The first-order valence-electron chi connectivity index (χ1n) is 9.22. The molecule has 0 saturated heterocycles. The van der Waals surface area contributed by atoms with Gasteiger partial charge in [0.15, 0.2) is 0 Å². The van der Waals surface area contributed by atoms with Crippen molar-refractivity contribution in [3.05, 3.63) is 70.7 Å². The minimum atomic E-state index is -0.552. The zero-order valence-corrected chi connectivity index (χ0v) is 16.9. The van der Waals surface area contributed by atoms with Gasteiger partial charge in [-0.25, -0.2) is 0 Å². The Bertz CT molecular complexity index is 745. The Labute approximate surface area is 166 Å². The monoisotopic (exact) mass is 386 g/mol. The number of amides is 2. The van der Waals surface area contributed by atoms with Gasteiger partial charge in [-0.05, 0) is 36.1 Å².